The summed E-state index contributed by atoms with van der Waals surface area (Å²) >= 11 is 1.58. The van der Waals surface area contributed by atoms with Crippen molar-refractivity contribution in [3.63, 3.8) is 0 Å². The summed E-state index contributed by atoms with van der Waals surface area (Å²) in [6.45, 7) is 3.16. The molecular formula is C20H21N3O2S. The number of rotatable bonds is 7. The normalized spacial score (nSPS) is 10.7. The summed E-state index contributed by atoms with van der Waals surface area (Å²) in [4.78, 5) is 16.8. The van der Waals surface area contributed by atoms with E-state index in [1.165, 1.54) is 0 Å². The topological polar surface area (TPSA) is 56.1 Å². The summed E-state index contributed by atoms with van der Waals surface area (Å²) < 4.78 is 7.40. The maximum absolute atomic E-state index is 12.5. The van der Waals surface area contributed by atoms with Gasteiger partial charge < -0.3 is 10.1 Å². The fraction of sp³-hybridized carbons (Fsp3) is 0.200. The molecular weight excluding hydrogens is 346 g/mol. The number of nitrogens with one attached hydrogen (secondary N) is 1. The number of imidazole rings is 1. The van der Waals surface area contributed by atoms with E-state index in [2.05, 4.69) is 10.3 Å². The minimum absolute atomic E-state index is 0.138. The second kappa shape index (κ2) is 8.69. The van der Waals surface area contributed by atoms with Gasteiger partial charge in [-0.3, -0.25) is 9.36 Å². The van der Waals surface area contributed by atoms with Crippen molar-refractivity contribution in [2.45, 2.75) is 18.7 Å². The Balaban J connectivity index is 1.70. The molecule has 0 aliphatic rings. The molecule has 2 aromatic carbocycles. The molecule has 0 spiro atoms. The van der Waals surface area contributed by atoms with E-state index in [4.69, 9.17) is 4.74 Å². The molecule has 26 heavy (non-hydrogen) atoms. The van der Waals surface area contributed by atoms with Crippen LogP contribution in [0.3, 0.4) is 0 Å². The molecule has 1 N–H and O–H groups in total. The summed E-state index contributed by atoms with van der Waals surface area (Å²) in [5.74, 6) is -0.138. The van der Waals surface area contributed by atoms with Crippen LogP contribution in [0.1, 0.15) is 22.8 Å². The van der Waals surface area contributed by atoms with Crippen molar-refractivity contribution in [1.82, 2.24) is 9.55 Å². The summed E-state index contributed by atoms with van der Waals surface area (Å²) in [7, 11) is 0. The maximum Gasteiger partial charge on any atom is 0.255 e. The van der Waals surface area contributed by atoms with Gasteiger partial charge in [0.25, 0.3) is 5.91 Å². The third-order valence-electron chi connectivity index (χ3n) is 3.85. The van der Waals surface area contributed by atoms with Gasteiger partial charge in [-0.25, -0.2) is 4.98 Å². The zero-order valence-corrected chi connectivity index (χ0v) is 15.6. The molecule has 134 valence electrons. The van der Waals surface area contributed by atoms with Crippen LogP contribution < -0.4 is 5.32 Å². The summed E-state index contributed by atoms with van der Waals surface area (Å²) in [5.41, 5.74) is 3.37. The number of amides is 1. The van der Waals surface area contributed by atoms with E-state index in [0.29, 0.717) is 18.8 Å². The van der Waals surface area contributed by atoms with Gasteiger partial charge in [0, 0.05) is 35.9 Å². The third kappa shape index (κ3) is 4.33. The van der Waals surface area contributed by atoms with Gasteiger partial charge in [0.15, 0.2) is 5.16 Å². The minimum Gasteiger partial charge on any atom is -0.377 e. The number of carbonyl (C=O) groups is 1. The lowest BCUT2D eigenvalue weighted by atomic mass is 10.1. The van der Waals surface area contributed by atoms with Crippen LogP contribution >= 0.6 is 11.8 Å². The van der Waals surface area contributed by atoms with Crippen LogP contribution in [0.15, 0.2) is 66.1 Å². The van der Waals surface area contributed by atoms with E-state index < -0.39 is 0 Å². The largest absolute Gasteiger partial charge is 0.377 e. The Bertz CT molecular complexity index is 875. The van der Waals surface area contributed by atoms with Gasteiger partial charge in [-0.05, 0) is 55.1 Å². The van der Waals surface area contributed by atoms with Crippen molar-refractivity contribution in [1.29, 1.82) is 0 Å². The van der Waals surface area contributed by atoms with Gasteiger partial charge in [0.1, 0.15) is 0 Å². The van der Waals surface area contributed by atoms with Crippen molar-refractivity contribution in [3.8, 4) is 5.69 Å². The van der Waals surface area contributed by atoms with E-state index in [0.717, 1.165) is 22.1 Å². The quantitative estimate of drug-likeness (QED) is 0.630. The van der Waals surface area contributed by atoms with Crippen LogP contribution in [-0.2, 0) is 11.3 Å². The molecule has 0 bridgehead atoms. The van der Waals surface area contributed by atoms with Crippen LogP contribution in [0.25, 0.3) is 5.69 Å². The summed E-state index contributed by atoms with van der Waals surface area (Å²) in [6.07, 6.45) is 5.66. The Labute approximate surface area is 157 Å². The Morgan fingerprint density at radius 3 is 2.77 bits per heavy atom. The van der Waals surface area contributed by atoms with Crippen LogP contribution in [0.5, 0.6) is 0 Å². The van der Waals surface area contributed by atoms with Gasteiger partial charge in [-0.1, -0.05) is 23.9 Å². The Kier molecular flexibility index (Phi) is 6.09. The second-order valence-electron chi connectivity index (χ2n) is 5.62. The second-order valence-corrected chi connectivity index (χ2v) is 6.40. The highest BCUT2D eigenvalue weighted by atomic mass is 32.2. The number of thioether (sulfide) groups is 1. The Hall–Kier alpha value is -2.57. The van der Waals surface area contributed by atoms with Gasteiger partial charge in [-0.15, -0.1) is 0 Å². The zero-order chi connectivity index (χ0) is 18.4. The van der Waals surface area contributed by atoms with Gasteiger partial charge in [0.05, 0.1) is 6.61 Å². The number of hydrogen-bond acceptors (Lipinski definition) is 4. The fourth-order valence-corrected chi connectivity index (χ4v) is 3.10. The van der Waals surface area contributed by atoms with Gasteiger partial charge in [-0.2, -0.15) is 0 Å². The molecule has 0 fully saturated rings. The van der Waals surface area contributed by atoms with Crippen LogP contribution in [0.4, 0.5) is 5.69 Å². The van der Waals surface area contributed by atoms with E-state index in [1.807, 2.05) is 72.5 Å². The Morgan fingerprint density at radius 1 is 1.23 bits per heavy atom. The molecule has 1 heterocycles. The lowest BCUT2D eigenvalue weighted by molar-refractivity contribution is 0.102. The average molecular weight is 367 g/mol. The molecule has 6 heteroatoms. The first kappa shape index (κ1) is 18.2. The average Bonchev–Trinajstić information content (AvgIpc) is 3.15. The first-order valence-electron chi connectivity index (χ1n) is 8.37. The van der Waals surface area contributed by atoms with E-state index >= 15 is 0 Å². The number of carbonyl (C=O) groups excluding carboxylic acids is 1. The van der Waals surface area contributed by atoms with Crippen molar-refractivity contribution in [2.24, 2.45) is 0 Å². The SMILES string of the molecule is CCOCc1cccc(NC(=O)c2ccc(-n3ccnc3SC)cc2)c1. The molecule has 3 rings (SSSR count). The molecule has 1 aromatic heterocycles. The predicted molar refractivity (Wildman–Crippen MR) is 105 cm³/mol. The highest BCUT2D eigenvalue weighted by molar-refractivity contribution is 7.98. The lowest BCUT2D eigenvalue weighted by Crippen LogP contribution is -2.12. The lowest BCUT2D eigenvalue weighted by Gasteiger charge is -2.09. The fourth-order valence-electron chi connectivity index (χ4n) is 2.57. The van der Waals surface area contributed by atoms with Crippen molar-refractivity contribution < 1.29 is 9.53 Å². The van der Waals surface area contributed by atoms with Gasteiger partial charge in [0.2, 0.25) is 0 Å². The molecule has 0 saturated heterocycles. The molecule has 1 amide bonds. The number of aromatic nitrogens is 2. The number of anilines is 1. The minimum atomic E-state index is -0.138. The van der Waals surface area contributed by atoms with Crippen LogP contribution in [0, 0.1) is 0 Å². The third-order valence-corrected chi connectivity index (χ3v) is 4.52. The summed E-state index contributed by atoms with van der Waals surface area (Å²) in [6, 6.07) is 15.2. The highest BCUT2D eigenvalue weighted by Gasteiger charge is 2.08. The highest BCUT2D eigenvalue weighted by Crippen LogP contribution is 2.19. The first-order valence-corrected chi connectivity index (χ1v) is 9.59. The number of benzene rings is 2. The maximum atomic E-state index is 12.5. The van der Waals surface area contributed by atoms with Crippen molar-refractivity contribution in [2.75, 3.05) is 18.2 Å². The standard InChI is InChI=1S/C20H21N3O2S/c1-3-25-14-15-5-4-6-17(13-15)22-19(24)16-7-9-18(10-8-16)23-12-11-21-20(23)26-2/h4-13H,3,14H2,1-2H3,(H,22,24). The van der Waals surface area contributed by atoms with E-state index in [-0.39, 0.29) is 5.91 Å². The monoisotopic (exact) mass is 367 g/mol. The molecule has 3 aromatic rings. The Morgan fingerprint density at radius 2 is 2.04 bits per heavy atom. The van der Waals surface area contributed by atoms with Crippen molar-refractivity contribution in [3.05, 3.63) is 72.1 Å². The predicted octanol–water partition coefficient (Wildman–Crippen LogP) is 4.38. The van der Waals surface area contributed by atoms with Crippen LogP contribution in [-0.4, -0.2) is 28.3 Å². The molecule has 0 aliphatic heterocycles. The first-order chi connectivity index (χ1) is 12.7. The number of ether oxygens (including phenoxy) is 1. The molecule has 0 atom stereocenters. The van der Waals surface area contributed by atoms with Gasteiger partial charge >= 0.3 is 0 Å². The van der Waals surface area contributed by atoms with E-state index in [9.17, 15) is 4.79 Å². The van der Waals surface area contributed by atoms with Crippen molar-refractivity contribution >= 4 is 23.4 Å². The number of hydrogen-bond donors (Lipinski definition) is 1. The molecule has 0 unspecified atom stereocenters. The smallest absolute Gasteiger partial charge is 0.255 e. The molecule has 0 saturated carbocycles. The molecule has 0 radical (unpaired) electrons. The number of nitrogens with zero attached hydrogens (tertiary/aromatic N) is 2. The summed E-state index contributed by atoms with van der Waals surface area (Å²) in [5, 5.41) is 3.84. The van der Waals surface area contributed by atoms with Crippen LogP contribution in [0.2, 0.25) is 0 Å². The molecule has 5 nitrogen and oxygen atoms in total. The molecule has 0 aliphatic carbocycles. The zero-order valence-electron chi connectivity index (χ0n) is 14.8. The van der Waals surface area contributed by atoms with E-state index in [1.54, 1.807) is 18.0 Å².